The second-order valence-electron chi connectivity index (χ2n) is 9.06. The van der Waals surface area contributed by atoms with E-state index in [0.717, 1.165) is 36.6 Å². The molecule has 1 fully saturated rings. The average molecular weight is 618 g/mol. The normalized spacial score (nSPS) is 14.3. The van der Waals surface area contributed by atoms with Crippen LogP contribution < -0.4 is 14.8 Å². The second kappa shape index (κ2) is 11.3. The summed E-state index contributed by atoms with van der Waals surface area (Å²) in [6.45, 7) is 4.96. The highest BCUT2D eigenvalue weighted by Gasteiger charge is 2.33. The van der Waals surface area contributed by atoms with Gasteiger partial charge in [0.25, 0.3) is 5.91 Å². The van der Waals surface area contributed by atoms with E-state index < -0.39 is 6.03 Å². The SMILES string of the molecule is CCOc1cc(/C=C2/NC(=O)N(Cc3cccc(C)c3)C2=O)cc(I)c1OCc1cccc2ccccc12. The molecule has 38 heavy (non-hydrogen) atoms. The Hall–Kier alpha value is -3.85. The van der Waals surface area contributed by atoms with Crippen molar-refractivity contribution >= 4 is 51.4 Å². The standard InChI is InChI=1S/C31H27IN2O4/c1-3-37-28-17-22(16-27-30(35)34(31(36)33-27)18-21-9-6-8-20(2)14-21)15-26(32)29(28)38-19-24-12-7-11-23-10-4-5-13-25(23)24/h4-17H,3,18-19H2,1-2H3,(H,33,36)/b27-16+. The Bertz CT molecular complexity index is 1560. The van der Waals surface area contributed by atoms with Crippen molar-refractivity contribution in [2.75, 3.05) is 6.61 Å². The van der Waals surface area contributed by atoms with Crippen molar-refractivity contribution in [2.45, 2.75) is 27.0 Å². The van der Waals surface area contributed by atoms with E-state index in [4.69, 9.17) is 9.47 Å². The highest BCUT2D eigenvalue weighted by Crippen LogP contribution is 2.36. The summed E-state index contributed by atoms with van der Waals surface area (Å²) in [6.07, 6.45) is 1.68. The molecule has 1 aliphatic heterocycles. The molecule has 192 valence electrons. The van der Waals surface area contributed by atoms with E-state index in [1.807, 2.05) is 68.4 Å². The molecule has 0 aromatic heterocycles. The summed E-state index contributed by atoms with van der Waals surface area (Å²) in [5, 5.41) is 5.02. The molecule has 0 saturated carbocycles. The molecule has 1 heterocycles. The predicted octanol–water partition coefficient (Wildman–Crippen LogP) is 6.82. The third-order valence-corrected chi connectivity index (χ3v) is 7.08. The first-order valence-electron chi connectivity index (χ1n) is 12.4. The van der Waals surface area contributed by atoms with Crippen LogP contribution >= 0.6 is 22.6 Å². The first-order chi connectivity index (χ1) is 18.4. The summed E-state index contributed by atoms with van der Waals surface area (Å²) in [6, 6.07) is 25.5. The van der Waals surface area contributed by atoms with Crippen molar-refractivity contribution in [2.24, 2.45) is 0 Å². The molecular formula is C31H27IN2O4. The molecule has 0 aliphatic carbocycles. The Kier molecular flexibility index (Phi) is 7.64. The molecular weight excluding hydrogens is 591 g/mol. The van der Waals surface area contributed by atoms with E-state index in [9.17, 15) is 9.59 Å². The molecule has 0 atom stereocenters. The number of fused-ring (bicyclic) bond motifs is 1. The smallest absolute Gasteiger partial charge is 0.329 e. The van der Waals surface area contributed by atoms with Crippen molar-refractivity contribution < 1.29 is 19.1 Å². The van der Waals surface area contributed by atoms with Crippen molar-refractivity contribution in [3.8, 4) is 11.5 Å². The number of ether oxygens (including phenoxy) is 2. The Morgan fingerprint density at radius 2 is 1.74 bits per heavy atom. The first kappa shape index (κ1) is 25.8. The highest BCUT2D eigenvalue weighted by atomic mass is 127. The fourth-order valence-corrected chi connectivity index (χ4v) is 5.30. The van der Waals surface area contributed by atoms with Gasteiger partial charge in [0, 0.05) is 0 Å². The molecule has 3 amide bonds. The number of hydrogen-bond acceptors (Lipinski definition) is 4. The third-order valence-electron chi connectivity index (χ3n) is 6.28. The van der Waals surface area contributed by atoms with Crippen LogP contribution in [0.1, 0.15) is 29.2 Å². The van der Waals surface area contributed by atoms with Crippen LogP contribution in [-0.2, 0) is 17.9 Å². The highest BCUT2D eigenvalue weighted by molar-refractivity contribution is 14.1. The molecule has 4 aromatic rings. The Labute approximate surface area is 235 Å². The van der Waals surface area contributed by atoms with Crippen LogP contribution in [0.4, 0.5) is 4.79 Å². The van der Waals surface area contributed by atoms with Crippen LogP contribution in [0.5, 0.6) is 11.5 Å². The fraction of sp³-hybridized carbons (Fsp3) is 0.161. The minimum atomic E-state index is -0.433. The maximum absolute atomic E-state index is 13.1. The maximum atomic E-state index is 13.1. The summed E-state index contributed by atoms with van der Waals surface area (Å²) in [5.41, 5.74) is 4.02. The lowest BCUT2D eigenvalue weighted by Crippen LogP contribution is -2.30. The molecule has 0 spiro atoms. The predicted molar refractivity (Wildman–Crippen MR) is 157 cm³/mol. The van der Waals surface area contributed by atoms with Crippen molar-refractivity contribution in [3.63, 3.8) is 0 Å². The van der Waals surface area contributed by atoms with Crippen LogP contribution in [0.25, 0.3) is 16.8 Å². The Morgan fingerprint density at radius 1 is 0.947 bits per heavy atom. The monoisotopic (exact) mass is 618 g/mol. The van der Waals surface area contributed by atoms with E-state index >= 15 is 0 Å². The van der Waals surface area contributed by atoms with Gasteiger partial charge in [-0.3, -0.25) is 9.69 Å². The van der Waals surface area contributed by atoms with Crippen LogP contribution in [0.15, 0.2) is 84.6 Å². The average Bonchev–Trinajstić information content (AvgIpc) is 3.15. The summed E-state index contributed by atoms with van der Waals surface area (Å²) < 4.78 is 13.0. The van der Waals surface area contributed by atoms with Gasteiger partial charge in [-0.2, -0.15) is 0 Å². The minimum Gasteiger partial charge on any atom is -0.490 e. The molecule has 0 radical (unpaired) electrons. The molecule has 0 unspecified atom stereocenters. The topological polar surface area (TPSA) is 67.9 Å². The Morgan fingerprint density at radius 3 is 2.55 bits per heavy atom. The van der Waals surface area contributed by atoms with E-state index in [1.165, 1.54) is 4.90 Å². The van der Waals surface area contributed by atoms with Crippen LogP contribution in [0, 0.1) is 10.5 Å². The quantitative estimate of drug-likeness (QED) is 0.134. The summed E-state index contributed by atoms with van der Waals surface area (Å²) in [5.74, 6) is 0.867. The zero-order valence-electron chi connectivity index (χ0n) is 21.2. The number of nitrogens with zero attached hydrogens (tertiary/aromatic N) is 1. The van der Waals surface area contributed by atoms with Gasteiger partial charge in [0.05, 0.1) is 16.7 Å². The third kappa shape index (κ3) is 5.52. The lowest BCUT2D eigenvalue weighted by molar-refractivity contribution is -0.123. The number of rotatable bonds is 8. The number of aryl methyl sites for hydroxylation is 1. The van der Waals surface area contributed by atoms with E-state index in [1.54, 1.807) is 6.08 Å². The molecule has 5 rings (SSSR count). The van der Waals surface area contributed by atoms with Crippen molar-refractivity contribution in [1.82, 2.24) is 10.2 Å². The summed E-state index contributed by atoms with van der Waals surface area (Å²) in [4.78, 5) is 26.9. The number of hydrogen-bond donors (Lipinski definition) is 1. The number of carbonyl (C=O) groups is 2. The first-order valence-corrected chi connectivity index (χ1v) is 13.5. The van der Waals surface area contributed by atoms with E-state index in [-0.39, 0.29) is 18.1 Å². The van der Waals surface area contributed by atoms with Gasteiger partial charge in [-0.05, 0) is 82.1 Å². The molecule has 6 nitrogen and oxygen atoms in total. The molecule has 4 aromatic carbocycles. The van der Waals surface area contributed by atoms with Crippen LogP contribution in [0.2, 0.25) is 0 Å². The van der Waals surface area contributed by atoms with Crippen LogP contribution in [0.3, 0.4) is 0 Å². The maximum Gasteiger partial charge on any atom is 0.329 e. The van der Waals surface area contributed by atoms with Gasteiger partial charge in [-0.25, -0.2) is 4.79 Å². The molecule has 1 N–H and O–H groups in total. The molecule has 7 heteroatoms. The van der Waals surface area contributed by atoms with Gasteiger partial charge in [-0.15, -0.1) is 0 Å². The summed E-state index contributed by atoms with van der Waals surface area (Å²) in [7, 11) is 0. The van der Waals surface area contributed by atoms with Gasteiger partial charge >= 0.3 is 6.03 Å². The number of halogens is 1. The number of amides is 3. The zero-order valence-corrected chi connectivity index (χ0v) is 23.3. The number of urea groups is 1. The van der Waals surface area contributed by atoms with Crippen molar-refractivity contribution in [1.29, 1.82) is 0 Å². The number of nitrogens with one attached hydrogen (secondary N) is 1. The van der Waals surface area contributed by atoms with Gasteiger partial charge in [0.15, 0.2) is 11.5 Å². The fourth-order valence-electron chi connectivity index (χ4n) is 4.52. The van der Waals surface area contributed by atoms with E-state index in [0.29, 0.717) is 24.7 Å². The lowest BCUT2D eigenvalue weighted by Gasteiger charge is -2.16. The molecule has 1 saturated heterocycles. The van der Waals surface area contributed by atoms with E-state index in [2.05, 4.69) is 52.2 Å². The molecule has 1 aliphatic rings. The summed E-state index contributed by atoms with van der Waals surface area (Å²) >= 11 is 2.21. The zero-order chi connectivity index (χ0) is 26.6. The number of benzene rings is 4. The molecule has 0 bridgehead atoms. The lowest BCUT2D eigenvalue weighted by atomic mass is 10.1. The number of imide groups is 1. The largest absolute Gasteiger partial charge is 0.490 e. The second-order valence-corrected chi connectivity index (χ2v) is 10.2. The van der Waals surface area contributed by atoms with Crippen molar-refractivity contribution in [3.05, 3.63) is 110 Å². The Balaban J connectivity index is 1.38. The van der Waals surface area contributed by atoms with Crippen LogP contribution in [-0.4, -0.2) is 23.4 Å². The van der Waals surface area contributed by atoms with Gasteiger partial charge in [0.1, 0.15) is 12.3 Å². The van der Waals surface area contributed by atoms with Gasteiger partial charge in [0.2, 0.25) is 0 Å². The van der Waals surface area contributed by atoms with Gasteiger partial charge in [-0.1, -0.05) is 72.3 Å². The number of carbonyl (C=O) groups excluding carboxylic acids is 2. The minimum absolute atomic E-state index is 0.215. The van der Waals surface area contributed by atoms with Gasteiger partial charge < -0.3 is 14.8 Å².